The molecule has 104 valence electrons. The highest BCUT2D eigenvalue weighted by Gasteiger charge is 2.08. The molecule has 0 aliphatic rings. The summed E-state index contributed by atoms with van der Waals surface area (Å²) in [5.41, 5.74) is 0.0186. The molecular weight excluding hydrogens is 270 g/mol. The highest BCUT2D eigenvalue weighted by atomic mass is 35.5. The lowest BCUT2D eigenvalue weighted by Gasteiger charge is -2.09. The largest absolute Gasteiger partial charge is 0.478 e. The van der Waals surface area contributed by atoms with E-state index in [1.807, 2.05) is 13.8 Å². The number of nitrogens with zero attached hydrogens (tertiary/aromatic N) is 1. The summed E-state index contributed by atoms with van der Waals surface area (Å²) in [5, 5.41) is 14.4. The fourth-order valence-electron chi connectivity index (χ4n) is 1.26. The van der Waals surface area contributed by atoms with Crippen LogP contribution in [0, 0.1) is 5.92 Å². The van der Waals surface area contributed by atoms with Crippen molar-refractivity contribution in [3.05, 3.63) is 22.8 Å². The second-order valence-electron chi connectivity index (χ2n) is 4.42. The van der Waals surface area contributed by atoms with Crippen LogP contribution in [0.4, 0.5) is 5.82 Å². The van der Waals surface area contributed by atoms with Crippen LogP contribution in [0.3, 0.4) is 0 Å². The molecule has 3 N–H and O–H groups in total. The second-order valence-corrected chi connectivity index (χ2v) is 4.81. The van der Waals surface area contributed by atoms with E-state index in [1.165, 1.54) is 12.1 Å². The zero-order valence-corrected chi connectivity index (χ0v) is 11.5. The van der Waals surface area contributed by atoms with Gasteiger partial charge in [-0.05, 0) is 18.1 Å². The molecule has 0 radical (unpaired) electrons. The van der Waals surface area contributed by atoms with Gasteiger partial charge in [0.15, 0.2) is 0 Å². The smallest absolute Gasteiger partial charge is 0.335 e. The number of nitrogens with one attached hydrogen (secondary N) is 2. The summed E-state index contributed by atoms with van der Waals surface area (Å²) in [6, 6.07) is 2.57. The molecule has 1 amide bonds. The number of carboxylic acids is 1. The summed E-state index contributed by atoms with van der Waals surface area (Å²) >= 11 is 5.70. The Morgan fingerprint density at radius 2 is 2.11 bits per heavy atom. The van der Waals surface area contributed by atoms with E-state index in [9.17, 15) is 9.59 Å². The molecule has 0 aliphatic heterocycles. The van der Waals surface area contributed by atoms with Crippen LogP contribution in [-0.4, -0.2) is 35.1 Å². The number of anilines is 1. The molecule has 1 aromatic heterocycles. The standard InChI is InChI=1S/C12H16ClN3O3/c1-7(2)5-15-11(17)6-14-10-4-8(12(18)19)3-9(13)16-10/h3-4,7H,5-6H2,1-2H3,(H,14,16)(H,15,17)(H,18,19). The maximum absolute atomic E-state index is 11.5. The Balaban J connectivity index is 2.58. The van der Waals surface area contributed by atoms with Gasteiger partial charge in [0.1, 0.15) is 11.0 Å². The topological polar surface area (TPSA) is 91.3 Å². The van der Waals surface area contributed by atoms with Crippen LogP contribution in [0.5, 0.6) is 0 Å². The van der Waals surface area contributed by atoms with Crippen LogP contribution >= 0.6 is 11.6 Å². The van der Waals surface area contributed by atoms with E-state index in [2.05, 4.69) is 15.6 Å². The summed E-state index contributed by atoms with van der Waals surface area (Å²) in [7, 11) is 0. The number of carbonyl (C=O) groups excluding carboxylic acids is 1. The highest BCUT2D eigenvalue weighted by molar-refractivity contribution is 6.29. The molecule has 1 rings (SSSR count). The minimum absolute atomic E-state index is 0.0130. The highest BCUT2D eigenvalue weighted by Crippen LogP contribution is 2.14. The van der Waals surface area contributed by atoms with Crippen molar-refractivity contribution in [3.8, 4) is 0 Å². The van der Waals surface area contributed by atoms with Crippen LogP contribution in [0.2, 0.25) is 5.15 Å². The fourth-order valence-corrected chi connectivity index (χ4v) is 1.47. The summed E-state index contributed by atoms with van der Waals surface area (Å²) in [4.78, 5) is 26.2. The van der Waals surface area contributed by atoms with Crippen LogP contribution in [0.15, 0.2) is 12.1 Å². The lowest BCUT2D eigenvalue weighted by molar-refractivity contribution is -0.119. The maximum atomic E-state index is 11.5. The first-order valence-corrected chi connectivity index (χ1v) is 6.17. The van der Waals surface area contributed by atoms with Gasteiger partial charge in [-0.15, -0.1) is 0 Å². The zero-order chi connectivity index (χ0) is 14.4. The van der Waals surface area contributed by atoms with Gasteiger partial charge >= 0.3 is 5.97 Å². The monoisotopic (exact) mass is 285 g/mol. The number of pyridine rings is 1. The Morgan fingerprint density at radius 3 is 2.68 bits per heavy atom. The van der Waals surface area contributed by atoms with Crippen LogP contribution in [0.1, 0.15) is 24.2 Å². The zero-order valence-electron chi connectivity index (χ0n) is 10.7. The van der Waals surface area contributed by atoms with Gasteiger partial charge in [0.2, 0.25) is 5.91 Å². The molecule has 0 saturated carbocycles. The molecule has 1 aromatic rings. The van der Waals surface area contributed by atoms with Crippen molar-refractivity contribution in [1.82, 2.24) is 10.3 Å². The van der Waals surface area contributed by atoms with Gasteiger partial charge in [-0.1, -0.05) is 25.4 Å². The molecule has 19 heavy (non-hydrogen) atoms. The molecule has 7 heteroatoms. The Hall–Kier alpha value is -1.82. The molecule has 1 heterocycles. The summed E-state index contributed by atoms with van der Waals surface area (Å²) in [5.74, 6) is -0.666. The lowest BCUT2D eigenvalue weighted by atomic mass is 10.2. The third-order valence-electron chi connectivity index (χ3n) is 2.18. The van der Waals surface area contributed by atoms with Gasteiger partial charge in [-0.3, -0.25) is 4.79 Å². The number of carboxylic acid groups (broad SMARTS) is 1. The van der Waals surface area contributed by atoms with E-state index < -0.39 is 5.97 Å². The van der Waals surface area contributed by atoms with Gasteiger partial charge in [-0.2, -0.15) is 0 Å². The Kier molecular flexibility index (Phi) is 5.57. The van der Waals surface area contributed by atoms with Crippen molar-refractivity contribution in [2.45, 2.75) is 13.8 Å². The third-order valence-corrected chi connectivity index (χ3v) is 2.37. The first kappa shape index (κ1) is 15.2. The van der Waals surface area contributed by atoms with Crippen molar-refractivity contribution >= 4 is 29.3 Å². The Labute approximate surface area is 116 Å². The third kappa shape index (κ3) is 5.56. The van der Waals surface area contributed by atoms with Gasteiger partial charge in [0.05, 0.1) is 12.1 Å². The summed E-state index contributed by atoms with van der Waals surface area (Å²) in [6.07, 6.45) is 0. The average molecular weight is 286 g/mol. The molecule has 0 bridgehead atoms. The van der Waals surface area contributed by atoms with Crippen molar-refractivity contribution in [2.24, 2.45) is 5.92 Å². The molecule has 0 atom stereocenters. The molecule has 0 fully saturated rings. The number of hydrogen-bond acceptors (Lipinski definition) is 4. The average Bonchev–Trinajstić information content (AvgIpc) is 2.33. The van der Waals surface area contributed by atoms with Crippen LogP contribution in [0.25, 0.3) is 0 Å². The summed E-state index contributed by atoms with van der Waals surface area (Å²) in [6.45, 7) is 4.58. The minimum atomic E-state index is -1.10. The molecule has 0 spiro atoms. The fraction of sp³-hybridized carbons (Fsp3) is 0.417. The van der Waals surface area contributed by atoms with E-state index in [1.54, 1.807) is 0 Å². The number of amides is 1. The molecule has 0 unspecified atom stereocenters. The number of carbonyl (C=O) groups is 2. The number of rotatable bonds is 6. The maximum Gasteiger partial charge on any atom is 0.335 e. The number of aromatic nitrogens is 1. The first-order valence-electron chi connectivity index (χ1n) is 5.80. The van der Waals surface area contributed by atoms with Gasteiger partial charge in [-0.25, -0.2) is 9.78 Å². The van der Waals surface area contributed by atoms with E-state index in [4.69, 9.17) is 16.7 Å². The normalized spacial score (nSPS) is 10.3. The van der Waals surface area contributed by atoms with E-state index >= 15 is 0 Å². The van der Waals surface area contributed by atoms with E-state index in [0.29, 0.717) is 12.5 Å². The minimum Gasteiger partial charge on any atom is -0.478 e. The molecule has 0 aliphatic carbocycles. The molecule has 6 nitrogen and oxygen atoms in total. The molecule has 0 aromatic carbocycles. The van der Waals surface area contributed by atoms with E-state index in [-0.39, 0.29) is 29.0 Å². The SMILES string of the molecule is CC(C)CNC(=O)CNc1cc(C(=O)O)cc(Cl)n1. The first-order chi connectivity index (χ1) is 8.88. The van der Waals surface area contributed by atoms with Crippen molar-refractivity contribution in [2.75, 3.05) is 18.4 Å². The Morgan fingerprint density at radius 1 is 1.42 bits per heavy atom. The van der Waals surface area contributed by atoms with Crippen molar-refractivity contribution < 1.29 is 14.7 Å². The van der Waals surface area contributed by atoms with Crippen LogP contribution in [-0.2, 0) is 4.79 Å². The van der Waals surface area contributed by atoms with E-state index in [0.717, 1.165) is 0 Å². The predicted molar refractivity (Wildman–Crippen MR) is 72.5 cm³/mol. The second kappa shape index (κ2) is 6.94. The van der Waals surface area contributed by atoms with Crippen molar-refractivity contribution in [1.29, 1.82) is 0 Å². The summed E-state index contributed by atoms with van der Waals surface area (Å²) < 4.78 is 0. The van der Waals surface area contributed by atoms with Gasteiger partial charge in [0.25, 0.3) is 0 Å². The predicted octanol–water partition coefficient (Wildman–Crippen LogP) is 1.62. The number of aromatic carboxylic acids is 1. The van der Waals surface area contributed by atoms with Gasteiger partial charge < -0.3 is 15.7 Å². The number of hydrogen-bond donors (Lipinski definition) is 3. The quantitative estimate of drug-likeness (QED) is 0.691. The molecule has 0 saturated heterocycles. The number of halogens is 1. The van der Waals surface area contributed by atoms with Crippen molar-refractivity contribution in [3.63, 3.8) is 0 Å². The van der Waals surface area contributed by atoms with Gasteiger partial charge in [0, 0.05) is 6.54 Å². The van der Waals surface area contributed by atoms with Crippen LogP contribution < -0.4 is 10.6 Å². The Bertz CT molecular complexity index is 477. The molecular formula is C12H16ClN3O3. The lowest BCUT2D eigenvalue weighted by Crippen LogP contribution is -2.32.